The monoisotopic (exact) mass is 210 g/mol. The maximum atomic E-state index is 2.46. The van der Waals surface area contributed by atoms with Crippen LogP contribution in [-0.2, 0) is 0 Å². The molecular formula is C9H18Si3. The maximum Gasteiger partial charge on any atom is 0.0516 e. The van der Waals surface area contributed by atoms with E-state index < -0.39 is 0 Å². The van der Waals surface area contributed by atoms with Gasteiger partial charge in [-0.1, -0.05) is 53.4 Å². The molecule has 0 nitrogen and oxygen atoms in total. The van der Waals surface area contributed by atoms with Crippen molar-refractivity contribution in [2.75, 3.05) is 0 Å². The van der Waals surface area contributed by atoms with Crippen LogP contribution >= 0.6 is 0 Å². The van der Waals surface area contributed by atoms with E-state index in [4.69, 9.17) is 0 Å². The lowest BCUT2D eigenvalue weighted by Gasteiger charge is -2.04. The quantitative estimate of drug-likeness (QED) is 0.517. The molecule has 12 heavy (non-hydrogen) atoms. The van der Waals surface area contributed by atoms with Crippen LogP contribution < -0.4 is 15.6 Å². The average Bonchev–Trinajstić information content (AvgIpc) is 2.16. The smallest absolute Gasteiger partial charge is 0.0516 e. The van der Waals surface area contributed by atoms with E-state index in [0.29, 0.717) is 0 Å². The summed E-state index contributed by atoms with van der Waals surface area (Å²) in [6.07, 6.45) is 0. The SMILES string of the molecule is C[SiH2]c1cc([SiH2]C)cc([SiH2]C)c1. The van der Waals surface area contributed by atoms with Crippen LogP contribution in [0.2, 0.25) is 19.6 Å². The van der Waals surface area contributed by atoms with Crippen LogP contribution in [0.5, 0.6) is 0 Å². The number of benzene rings is 1. The summed E-state index contributed by atoms with van der Waals surface area (Å²) < 4.78 is 0. The van der Waals surface area contributed by atoms with Gasteiger partial charge in [-0.05, 0) is 0 Å². The standard InChI is InChI=1S/C9H18Si3/c1-10-7-4-8(11-2)6-9(5-7)12-3/h4-6H,10-12H2,1-3H3. The van der Waals surface area contributed by atoms with Crippen LogP contribution in [0.25, 0.3) is 0 Å². The molecule has 0 unspecified atom stereocenters. The largest absolute Gasteiger partial charge is 0.0708 e. The minimum absolute atomic E-state index is 0.0743. The second kappa shape index (κ2) is 4.79. The van der Waals surface area contributed by atoms with Gasteiger partial charge >= 0.3 is 0 Å². The summed E-state index contributed by atoms with van der Waals surface area (Å²) in [5.74, 6) is 0. The second-order valence-electron chi connectivity index (χ2n) is 3.22. The van der Waals surface area contributed by atoms with Gasteiger partial charge in [-0.15, -0.1) is 0 Å². The van der Waals surface area contributed by atoms with Gasteiger partial charge in [0.1, 0.15) is 0 Å². The molecule has 0 aliphatic rings. The second-order valence-corrected chi connectivity index (χ2v) is 7.79. The Morgan fingerprint density at radius 3 is 1.08 bits per heavy atom. The molecule has 1 rings (SSSR count). The van der Waals surface area contributed by atoms with Crippen LogP contribution in [0, 0.1) is 0 Å². The van der Waals surface area contributed by atoms with Crippen LogP contribution in [0.3, 0.4) is 0 Å². The van der Waals surface area contributed by atoms with E-state index >= 15 is 0 Å². The van der Waals surface area contributed by atoms with Gasteiger partial charge in [-0.3, -0.25) is 0 Å². The summed E-state index contributed by atoms with van der Waals surface area (Å²) >= 11 is 0. The molecule has 0 spiro atoms. The van der Waals surface area contributed by atoms with E-state index in [2.05, 4.69) is 37.8 Å². The Hall–Kier alpha value is -0.129. The molecule has 0 radical (unpaired) electrons. The molecule has 0 bridgehead atoms. The van der Waals surface area contributed by atoms with Gasteiger partial charge in [-0.2, -0.15) is 0 Å². The van der Waals surface area contributed by atoms with E-state index in [1.807, 2.05) is 0 Å². The minimum atomic E-state index is 0.0743. The third-order valence-electron chi connectivity index (χ3n) is 2.34. The summed E-state index contributed by atoms with van der Waals surface area (Å²) in [6, 6.07) is 7.39. The zero-order valence-corrected chi connectivity index (χ0v) is 12.6. The Labute approximate surface area is 82.2 Å². The van der Waals surface area contributed by atoms with Crippen LogP contribution in [0.4, 0.5) is 0 Å². The zero-order valence-electron chi connectivity index (χ0n) is 8.35. The third-order valence-corrected chi connectivity index (χ3v) is 6.01. The van der Waals surface area contributed by atoms with Gasteiger partial charge in [0.15, 0.2) is 0 Å². The molecule has 0 aliphatic carbocycles. The van der Waals surface area contributed by atoms with Gasteiger partial charge in [-0.25, -0.2) is 0 Å². The normalized spacial score (nSPS) is 13.2. The van der Waals surface area contributed by atoms with Crippen molar-refractivity contribution in [1.82, 2.24) is 0 Å². The predicted octanol–water partition coefficient (Wildman–Crippen LogP) is -1.79. The fourth-order valence-electron chi connectivity index (χ4n) is 1.45. The van der Waals surface area contributed by atoms with E-state index in [0.717, 1.165) is 0 Å². The van der Waals surface area contributed by atoms with Crippen molar-refractivity contribution >= 4 is 44.1 Å². The van der Waals surface area contributed by atoms with Crippen molar-refractivity contribution < 1.29 is 0 Å². The highest BCUT2D eigenvalue weighted by molar-refractivity contribution is 6.60. The lowest BCUT2D eigenvalue weighted by Crippen LogP contribution is -2.29. The molecule has 0 N–H and O–H groups in total. The Kier molecular flexibility index (Phi) is 3.97. The summed E-state index contributed by atoms with van der Waals surface area (Å²) in [5, 5.41) is 5.06. The van der Waals surface area contributed by atoms with Gasteiger partial charge in [0.2, 0.25) is 0 Å². The lowest BCUT2D eigenvalue weighted by molar-refractivity contribution is 1.87. The fraction of sp³-hybridized carbons (Fsp3) is 0.333. The molecule has 0 aliphatic heterocycles. The number of hydrogen-bond donors (Lipinski definition) is 0. The van der Waals surface area contributed by atoms with E-state index in [1.165, 1.54) is 0 Å². The van der Waals surface area contributed by atoms with Crippen molar-refractivity contribution in [2.45, 2.75) is 19.6 Å². The first-order chi connectivity index (χ1) is 5.80. The van der Waals surface area contributed by atoms with E-state index in [9.17, 15) is 0 Å². The Morgan fingerprint density at radius 1 is 0.667 bits per heavy atom. The van der Waals surface area contributed by atoms with Gasteiger partial charge in [0, 0.05) is 0 Å². The fourth-order valence-corrected chi connectivity index (χ4v) is 5.12. The highest BCUT2D eigenvalue weighted by Gasteiger charge is 1.97. The first kappa shape index (κ1) is 9.95. The molecule has 0 fully saturated rings. The van der Waals surface area contributed by atoms with E-state index in [1.54, 1.807) is 15.6 Å². The number of hydrogen-bond acceptors (Lipinski definition) is 0. The van der Waals surface area contributed by atoms with Gasteiger partial charge in [0.05, 0.1) is 28.6 Å². The molecule has 1 aromatic rings. The molecule has 0 atom stereocenters. The molecule has 66 valence electrons. The topological polar surface area (TPSA) is 0 Å². The highest BCUT2D eigenvalue weighted by Crippen LogP contribution is 1.78. The summed E-state index contributed by atoms with van der Waals surface area (Å²) in [5.41, 5.74) is 0. The Bertz CT molecular complexity index is 203. The molecule has 1 aromatic carbocycles. The predicted molar refractivity (Wildman–Crippen MR) is 68.6 cm³/mol. The first-order valence-electron chi connectivity index (χ1n) is 4.91. The van der Waals surface area contributed by atoms with Gasteiger partial charge < -0.3 is 0 Å². The third kappa shape index (κ3) is 2.43. The molecule has 0 saturated heterocycles. The average molecular weight is 211 g/mol. The molecule has 0 aromatic heterocycles. The zero-order chi connectivity index (χ0) is 8.97. The van der Waals surface area contributed by atoms with Crippen LogP contribution in [0.15, 0.2) is 18.2 Å². The maximum absolute atomic E-state index is 2.46. The summed E-state index contributed by atoms with van der Waals surface area (Å²) in [6.45, 7) is 7.16. The molecule has 3 heteroatoms. The lowest BCUT2D eigenvalue weighted by atomic mass is 10.3. The van der Waals surface area contributed by atoms with Crippen LogP contribution in [-0.4, -0.2) is 28.6 Å². The Balaban J connectivity index is 3.01. The van der Waals surface area contributed by atoms with Crippen molar-refractivity contribution in [3.63, 3.8) is 0 Å². The van der Waals surface area contributed by atoms with Gasteiger partial charge in [0.25, 0.3) is 0 Å². The van der Waals surface area contributed by atoms with Crippen molar-refractivity contribution in [3.8, 4) is 0 Å². The first-order valence-corrected chi connectivity index (χ1v) is 11.3. The molecule has 0 saturated carbocycles. The van der Waals surface area contributed by atoms with Crippen molar-refractivity contribution in [2.24, 2.45) is 0 Å². The molecule has 0 heterocycles. The number of rotatable bonds is 3. The highest BCUT2D eigenvalue weighted by atomic mass is 28.2. The molecule has 0 amide bonds. The molecular weight excluding hydrogens is 192 g/mol. The summed E-state index contributed by atoms with van der Waals surface area (Å²) in [7, 11) is 0.223. The Morgan fingerprint density at radius 2 is 0.917 bits per heavy atom. The van der Waals surface area contributed by atoms with E-state index in [-0.39, 0.29) is 28.6 Å². The minimum Gasteiger partial charge on any atom is -0.0708 e. The van der Waals surface area contributed by atoms with Crippen molar-refractivity contribution in [1.29, 1.82) is 0 Å². The van der Waals surface area contributed by atoms with Crippen molar-refractivity contribution in [3.05, 3.63) is 18.2 Å². The summed E-state index contributed by atoms with van der Waals surface area (Å²) in [4.78, 5) is 0. The van der Waals surface area contributed by atoms with Crippen LogP contribution in [0.1, 0.15) is 0 Å².